The van der Waals surface area contributed by atoms with Crippen molar-refractivity contribution in [3.8, 4) is 11.5 Å². The Bertz CT molecular complexity index is 775. The van der Waals surface area contributed by atoms with E-state index in [1.165, 1.54) is 24.3 Å². The maximum Gasteiger partial charge on any atom is 0.331 e. The van der Waals surface area contributed by atoms with E-state index in [1.54, 1.807) is 6.92 Å². The predicted molar refractivity (Wildman–Crippen MR) is 103 cm³/mol. The van der Waals surface area contributed by atoms with Gasteiger partial charge < -0.3 is 44.8 Å². The molecule has 6 atom stereocenters. The molecule has 1 aliphatic heterocycles. The number of aliphatic hydroxyl groups is 4. The Kier molecular flexibility index (Phi) is 8.35. The van der Waals surface area contributed by atoms with Crippen molar-refractivity contribution in [2.24, 2.45) is 0 Å². The second-order valence-corrected chi connectivity index (χ2v) is 6.88. The van der Waals surface area contributed by atoms with Gasteiger partial charge in [0.2, 0.25) is 0 Å². The quantitative estimate of drug-likeness (QED) is 0.137. The second kappa shape index (κ2) is 10.5. The third kappa shape index (κ3) is 6.02. The van der Waals surface area contributed by atoms with Gasteiger partial charge in [-0.3, -0.25) is 0 Å². The molecule has 0 bridgehead atoms. The highest BCUT2D eigenvalue weighted by atomic mass is 16.7. The predicted octanol–water partition coefficient (Wildman–Crippen LogP) is -0.585. The number of rotatable bonds is 8. The van der Waals surface area contributed by atoms with Gasteiger partial charge in [0.25, 0.3) is 0 Å². The van der Waals surface area contributed by atoms with Gasteiger partial charge in [-0.2, -0.15) is 0 Å². The summed E-state index contributed by atoms with van der Waals surface area (Å²) in [7, 11) is 0. The number of phenols is 2. The molecule has 1 unspecified atom stereocenters. The fourth-order valence-corrected chi connectivity index (χ4v) is 2.65. The first kappa shape index (κ1) is 23.8. The zero-order valence-corrected chi connectivity index (χ0v) is 16.3. The minimum atomic E-state index is -1.59. The van der Waals surface area contributed by atoms with Gasteiger partial charge in [-0.1, -0.05) is 12.6 Å². The molecule has 10 heteroatoms. The Morgan fingerprint density at radius 1 is 1.20 bits per heavy atom. The zero-order chi connectivity index (χ0) is 22.4. The summed E-state index contributed by atoms with van der Waals surface area (Å²) < 4.78 is 15.9. The van der Waals surface area contributed by atoms with E-state index in [0.717, 1.165) is 6.08 Å². The van der Waals surface area contributed by atoms with Crippen LogP contribution < -0.4 is 0 Å². The SMILES string of the molecule is C=C(C)C(CO[C@@H]1O[C@H](CO)[C@@H](O)[C@H](O)[C@H]1O)OC(=O)/C=C/c1ccc(O)c(O)c1. The molecule has 1 aromatic rings. The Balaban J connectivity index is 1.95. The topological polar surface area (TPSA) is 166 Å². The van der Waals surface area contributed by atoms with E-state index in [-0.39, 0.29) is 18.1 Å². The number of phenolic OH excluding ortho intramolecular Hbond substituents is 2. The fraction of sp³-hybridized carbons (Fsp3) is 0.450. The van der Waals surface area contributed by atoms with Crippen molar-refractivity contribution in [3.63, 3.8) is 0 Å². The van der Waals surface area contributed by atoms with Crippen LogP contribution in [0.15, 0.2) is 36.4 Å². The number of aromatic hydroxyl groups is 2. The fourth-order valence-electron chi connectivity index (χ4n) is 2.65. The van der Waals surface area contributed by atoms with Crippen LogP contribution in [0.4, 0.5) is 0 Å². The number of ether oxygens (including phenoxy) is 3. The highest BCUT2D eigenvalue weighted by Crippen LogP contribution is 2.25. The highest BCUT2D eigenvalue weighted by molar-refractivity contribution is 5.87. The summed E-state index contributed by atoms with van der Waals surface area (Å²) in [6, 6.07) is 4.01. The molecule has 0 aliphatic carbocycles. The molecule has 1 saturated heterocycles. The average Bonchev–Trinajstić information content (AvgIpc) is 2.71. The van der Waals surface area contributed by atoms with Gasteiger partial charge in [0.05, 0.1) is 13.2 Å². The van der Waals surface area contributed by atoms with Crippen LogP contribution in [-0.2, 0) is 19.0 Å². The lowest BCUT2D eigenvalue weighted by atomic mass is 9.99. The number of hydrogen-bond donors (Lipinski definition) is 6. The molecule has 1 fully saturated rings. The summed E-state index contributed by atoms with van der Waals surface area (Å²) in [5.74, 6) is -1.37. The van der Waals surface area contributed by atoms with Crippen LogP contribution in [0.2, 0.25) is 0 Å². The van der Waals surface area contributed by atoms with E-state index in [4.69, 9.17) is 14.2 Å². The molecule has 0 radical (unpaired) electrons. The maximum atomic E-state index is 12.1. The third-order valence-electron chi connectivity index (χ3n) is 4.48. The van der Waals surface area contributed by atoms with Gasteiger partial charge in [0, 0.05) is 6.08 Å². The summed E-state index contributed by atoms with van der Waals surface area (Å²) in [5, 5.41) is 57.5. The van der Waals surface area contributed by atoms with E-state index >= 15 is 0 Å². The van der Waals surface area contributed by atoms with Crippen LogP contribution in [0.3, 0.4) is 0 Å². The molecular weight excluding hydrogens is 400 g/mol. The molecular formula is C20H26O10. The Morgan fingerprint density at radius 3 is 2.50 bits per heavy atom. The number of carbonyl (C=O) groups excluding carboxylic acids is 1. The van der Waals surface area contributed by atoms with E-state index in [2.05, 4.69) is 6.58 Å². The molecule has 6 N–H and O–H groups in total. The largest absolute Gasteiger partial charge is 0.504 e. The van der Waals surface area contributed by atoms with Crippen LogP contribution in [0.1, 0.15) is 12.5 Å². The molecule has 30 heavy (non-hydrogen) atoms. The Labute approximate surface area is 172 Å². The Hall–Kier alpha value is -2.47. The average molecular weight is 426 g/mol. The van der Waals surface area contributed by atoms with Crippen LogP contribution >= 0.6 is 0 Å². The number of aliphatic hydroxyl groups excluding tert-OH is 4. The van der Waals surface area contributed by atoms with Crippen molar-refractivity contribution < 1.29 is 49.6 Å². The van der Waals surface area contributed by atoms with Gasteiger partial charge in [-0.05, 0) is 36.3 Å². The van der Waals surface area contributed by atoms with Crippen LogP contribution in [0.5, 0.6) is 11.5 Å². The molecule has 1 heterocycles. The third-order valence-corrected chi connectivity index (χ3v) is 4.48. The summed E-state index contributed by atoms with van der Waals surface area (Å²) in [4.78, 5) is 12.1. The standard InChI is InChI=1S/C20H26O10/c1-10(2)15(9-28-20-19(27)18(26)17(25)14(8-21)30-20)29-16(24)6-4-11-3-5-12(22)13(23)7-11/h3-7,14-15,17-23,25-27H,1,8-9H2,2H3/b6-4+/t14-,15?,17-,18+,19-,20-/m1/s1. The number of hydrogen-bond acceptors (Lipinski definition) is 10. The molecule has 0 amide bonds. The molecule has 1 aliphatic rings. The first-order valence-corrected chi connectivity index (χ1v) is 9.12. The lowest BCUT2D eigenvalue weighted by Crippen LogP contribution is -2.59. The normalized spacial score (nSPS) is 27.7. The first-order chi connectivity index (χ1) is 14.1. The molecule has 2 rings (SSSR count). The minimum absolute atomic E-state index is 0.266. The molecule has 0 spiro atoms. The summed E-state index contributed by atoms with van der Waals surface area (Å²) in [6.45, 7) is 4.45. The number of carbonyl (C=O) groups is 1. The number of benzene rings is 1. The van der Waals surface area contributed by atoms with Crippen LogP contribution in [0, 0.1) is 0 Å². The maximum absolute atomic E-state index is 12.1. The van der Waals surface area contributed by atoms with Crippen molar-refractivity contribution >= 4 is 12.0 Å². The zero-order valence-electron chi connectivity index (χ0n) is 16.3. The number of esters is 1. The van der Waals surface area contributed by atoms with Gasteiger partial charge in [-0.15, -0.1) is 0 Å². The van der Waals surface area contributed by atoms with E-state index in [0.29, 0.717) is 11.1 Å². The van der Waals surface area contributed by atoms with Crippen molar-refractivity contribution in [2.75, 3.05) is 13.2 Å². The second-order valence-electron chi connectivity index (χ2n) is 6.88. The first-order valence-electron chi connectivity index (χ1n) is 9.12. The van der Waals surface area contributed by atoms with Crippen molar-refractivity contribution in [2.45, 2.75) is 43.7 Å². The minimum Gasteiger partial charge on any atom is -0.504 e. The lowest BCUT2D eigenvalue weighted by Gasteiger charge is -2.39. The molecule has 1 aromatic carbocycles. The van der Waals surface area contributed by atoms with Gasteiger partial charge >= 0.3 is 5.97 Å². The van der Waals surface area contributed by atoms with Gasteiger partial charge in [-0.25, -0.2) is 4.79 Å². The van der Waals surface area contributed by atoms with Crippen molar-refractivity contribution in [1.82, 2.24) is 0 Å². The van der Waals surface area contributed by atoms with Crippen molar-refractivity contribution in [3.05, 3.63) is 42.0 Å². The van der Waals surface area contributed by atoms with Gasteiger partial charge in [0.15, 0.2) is 17.8 Å². The molecule has 0 saturated carbocycles. The van der Waals surface area contributed by atoms with E-state index < -0.39 is 49.4 Å². The van der Waals surface area contributed by atoms with E-state index in [1.807, 2.05) is 0 Å². The summed E-state index contributed by atoms with van der Waals surface area (Å²) >= 11 is 0. The monoisotopic (exact) mass is 426 g/mol. The molecule has 0 aromatic heterocycles. The highest BCUT2D eigenvalue weighted by Gasteiger charge is 2.44. The Morgan fingerprint density at radius 2 is 1.90 bits per heavy atom. The van der Waals surface area contributed by atoms with Gasteiger partial charge in [0.1, 0.15) is 30.5 Å². The van der Waals surface area contributed by atoms with Crippen LogP contribution in [-0.4, -0.2) is 86.6 Å². The summed E-state index contributed by atoms with van der Waals surface area (Å²) in [6.07, 6.45) is -5.60. The van der Waals surface area contributed by atoms with Crippen LogP contribution in [0.25, 0.3) is 6.08 Å². The van der Waals surface area contributed by atoms with Crippen molar-refractivity contribution in [1.29, 1.82) is 0 Å². The summed E-state index contributed by atoms with van der Waals surface area (Å²) in [5.41, 5.74) is 0.885. The molecule has 10 nitrogen and oxygen atoms in total. The lowest BCUT2D eigenvalue weighted by molar-refractivity contribution is -0.303. The smallest absolute Gasteiger partial charge is 0.331 e. The van der Waals surface area contributed by atoms with E-state index in [9.17, 15) is 35.4 Å². The molecule has 166 valence electrons.